The average molecular weight is 350 g/mol. The number of fused-ring (bicyclic) bond motifs is 1. The van der Waals surface area contributed by atoms with E-state index >= 15 is 0 Å². The predicted molar refractivity (Wildman–Crippen MR) is 108 cm³/mol. The molecule has 4 rings (SSSR count). The molecule has 26 heavy (non-hydrogen) atoms. The molecule has 2 aromatic rings. The maximum atomic E-state index is 6.11. The van der Waals surface area contributed by atoms with Gasteiger partial charge in [-0.25, -0.2) is 0 Å². The van der Waals surface area contributed by atoms with Gasteiger partial charge in [-0.2, -0.15) is 0 Å². The molecular weight excluding hydrogens is 318 g/mol. The van der Waals surface area contributed by atoms with Crippen LogP contribution in [0.25, 0.3) is 0 Å². The molecule has 1 fully saturated rings. The van der Waals surface area contributed by atoms with Gasteiger partial charge in [0.2, 0.25) is 0 Å². The van der Waals surface area contributed by atoms with Gasteiger partial charge in [0.15, 0.2) is 0 Å². The summed E-state index contributed by atoms with van der Waals surface area (Å²) in [4.78, 5) is 0. The zero-order valence-electron chi connectivity index (χ0n) is 15.9. The first-order valence-electron chi connectivity index (χ1n) is 10.2. The number of ether oxygens (including phenoxy) is 1. The molecule has 0 radical (unpaired) electrons. The number of aryl methyl sites for hydroxylation is 2. The van der Waals surface area contributed by atoms with Crippen molar-refractivity contribution < 1.29 is 4.74 Å². The third-order valence-electron chi connectivity index (χ3n) is 6.52. The van der Waals surface area contributed by atoms with Crippen molar-refractivity contribution in [2.24, 2.45) is 11.7 Å². The van der Waals surface area contributed by atoms with Gasteiger partial charge in [0, 0.05) is 6.04 Å². The SMILES string of the molecule is COc1ccccc1CC[C@@H]1CCc2cc(C3CCC(N)C3)ccc2C1. The fourth-order valence-electron chi connectivity index (χ4n) is 4.94. The van der Waals surface area contributed by atoms with Crippen molar-refractivity contribution in [2.45, 2.75) is 63.3 Å². The van der Waals surface area contributed by atoms with Crippen LogP contribution in [0.4, 0.5) is 0 Å². The Morgan fingerprint density at radius 2 is 1.92 bits per heavy atom. The van der Waals surface area contributed by atoms with Crippen LogP contribution in [0.1, 0.15) is 60.3 Å². The molecular formula is C24H31NO. The molecule has 0 saturated heterocycles. The number of methoxy groups -OCH3 is 1. The second kappa shape index (κ2) is 7.84. The standard InChI is InChI=1S/C24H31NO/c1-26-24-5-3-2-4-18(24)8-6-17-7-9-20-15-21(11-10-19(20)14-17)22-12-13-23(25)16-22/h2-5,10-11,15,17,22-23H,6-9,12-14,16,25H2,1H3/t17-,22?,23?/m1/s1. The minimum Gasteiger partial charge on any atom is -0.496 e. The Labute approximate surface area is 157 Å². The summed E-state index contributed by atoms with van der Waals surface area (Å²) in [6.07, 6.45) is 9.76. The van der Waals surface area contributed by atoms with Crippen molar-refractivity contribution in [2.75, 3.05) is 7.11 Å². The third kappa shape index (κ3) is 3.81. The molecule has 2 aromatic carbocycles. The third-order valence-corrected chi connectivity index (χ3v) is 6.52. The lowest BCUT2D eigenvalue weighted by Crippen LogP contribution is -2.16. The molecule has 3 atom stereocenters. The maximum absolute atomic E-state index is 6.11. The Kier molecular flexibility index (Phi) is 5.31. The number of hydrogen-bond acceptors (Lipinski definition) is 2. The van der Waals surface area contributed by atoms with Crippen LogP contribution in [-0.4, -0.2) is 13.2 Å². The van der Waals surface area contributed by atoms with E-state index in [-0.39, 0.29) is 0 Å². The van der Waals surface area contributed by atoms with Gasteiger partial charge >= 0.3 is 0 Å². The molecule has 0 spiro atoms. The van der Waals surface area contributed by atoms with E-state index in [4.69, 9.17) is 10.5 Å². The molecule has 138 valence electrons. The summed E-state index contributed by atoms with van der Waals surface area (Å²) >= 11 is 0. The summed E-state index contributed by atoms with van der Waals surface area (Å²) in [5.41, 5.74) is 12.2. The summed E-state index contributed by atoms with van der Waals surface area (Å²) in [5, 5.41) is 0. The minimum absolute atomic E-state index is 0.412. The molecule has 2 aliphatic carbocycles. The fourth-order valence-corrected chi connectivity index (χ4v) is 4.94. The molecule has 1 saturated carbocycles. The summed E-state index contributed by atoms with van der Waals surface area (Å²) in [6.45, 7) is 0. The average Bonchev–Trinajstić information content (AvgIpc) is 3.12. The Bertz CT molecular complexity index is 754. The van der Waals surface area contributed by atoms with Gasteiger partial charge in [-0.1, -0.05) is 36.4 Å². The van der Waals surface area contributed by atoms with Gasteiger partial charge < -0.3 is 10.5 Å². The summed E-state index contributed by atoms with van der Waals surface area (Å²) in [5.74, 6) is 2.51. The molecule has 0 aliphatic heterocycles. The zero-order chi connectivity index (χ0) is 17.9. The van der Waals surface area contributed by atoms with Gasteiger partial charge in [-0.05, 0) is 91.5 Å². The molecule has 0 aromatic heterocycles. The van der Waals surface area contributed by atoms with Crippen LogP contribution in [0.15, 0.2) is 42.5 Å². The van der Waals surface area contributed by atoms with Gasteiger partial charge in [0.25, 0.3) is 0 Å². The van der Waals surface area contributed by atoms with E-state index in [1.54, 1.807) is 18.2 Å². The molecule has 0 heterocycles. The molecule has 2 nitrogen and oxygen atoms in total. The largest absolute Gasteiger partial charge is 0.496 e. The Balaban J connectivity index is 1.39. The van der Waals surface area contributed by atoms with E-state index in [2.05, 4.69) is 36.4 Å². The molecule has 2 N–H and O–H groups in total. The number of hydrogen-bond donors (Lipinski definition) is 1. The van der Waals surface area contributed by atoms with Crippen LogP contribution in [0.3, 0.4) is 0 Å². The minimum atomic E-state index is 0.412. The molecule has 0 bridgehead atoms. The molecule has 0 amide bonds. The first-order chi connectivity index (χ1) is 12.7. The van der Waals surface area contributed by atoms with Crippen LogP contribution in [0.2, 0.25) is 0 Å². The molecule has 2 unspecified atom stereocenters. The highest BCUT2D eigenvalue weighted by Gasteiger charge is 2.25. The summed E-state index contributed by atoms with van der Waals surface area (Å²) in [7, 11) is 1.77. The lowest BCUT2D eigenvalue weighted by molar-refractivity contribution is 0.398. The highest BCUT2D eigenvalue weighted by Crippen LogP contribution is 2.37. The van der Waals surface area contributed by atoms with Gasteiger partial charge in [0.05, 0.1) is 7.11 Å². The zero-order valence-corrected chi connectivity index (χ0v) is 15.9. The lowest BCUT2D eigenvalue weighted by atomic mass is 9.79. The van der Waals surface area contributed by atoms with Crippen molar-refractivity contribution in [3.63, 3.8) is 0 Å². The van der Waals surface area contributed by atoms with Crippen LogP contribution >= 0.6 is 0 Å². The van der Waals surface area contributed by atoms with E-state index < -0.39 is 0 Å². The first-order valence-corrected chi connectivity index (χ1v) is 10.2. The van der Waals surface area contributed by atoms with Crippen molar-refractivity contribution in [3.8, 4) is 5.75 Å². The Hall–Kier alpha value is -1.80. The van der Waals surface area contributed by atoms with Gasteiger partial charge in [-0.3, -0.25) is 0 Å². The van der Waals surface area contributed by atoms with Crippen LogP contribution < -0.4 is 10.5 Å². The quantitative estimate of drug-likeness (QED) is 0.822. The Morgan fingerprint density at radius 3 is 2.73 bits per heavy atom. The van der Waals surface area contributed by atoms with Gasteiger partial charge in [0.1, 0.15) is 5.75 Å². The van der Waals surface area contributed by atoms with Crippen molar-refractivity contribution in [1.82, 2.24) is 0 Å². The maximum Gasteiger partial charge on any atom is 0.122 e. The number of para-hydroxylation sites is 1. The van der Waals surface area contributed by atoms with E-state index in [0.717, 1.165) is 18.1 Å². The van der Waals surface area contributed by atoms with Crippen molar-refractivity contribution >= 4 is 0 Å². The van der Waals surface area contributed by atoms with Crippen LogP contribution in [-0.2, 0) is 19.3 Å². The van der Waals surface area contributed by atoms with E-state index in [1.807, 2.05) is 6.07 Å². The van der Waals surface area contributed by atoms with E-state index in [0.29, 0.717) is 12.0 Å². The fraction of sp³-hybridized carbons (Fsp3) is 0.500. The highest BCUT2D eigenvalue weighted by molar-refractivity contribution is 5.37. The number of rotatable bonds is 5. The smallest absolute Gasteiger partial charge is 0.122 e. The van der Waals surface area contributed by atoms with Crippen LogP contribution in [0, 0.1) is 5.92 Å². The number of benzene rings is 2. The highest BCUT2D eigenvalue weighted by atomic mass is 16.5. The second-order valence-corrected chi connectivity index (χ2v) is 8.26. The number of nitrogens with two attached hydrogens (primary N) is 1. The normalized spacial score (nSPS) is 25.1. The van der Waals surface area contributed by atoms with Crippen molar-refractivity contribution in [3.05, 3.63) is 64.7 Å². The van der Waals surface area contributed by atoms with E-state index in [1.165, 1.54) is 56.1 Å². The second-order valence-electron chi connectivity index (χ2n) is 8.26. The molecule has 2 aliphatic rings. The molecule has 2 heteroatoms. The Morgan fingerprint density at radius 1 is 1.04 bits per heavy atom. The first kappa shape index (κ1) is 17.6. The topological polar surface area (TPSA) is 35.2 Å². The predicted octanol–water partition coefficient (Wildman–Crippen LogP) is 5.03. The van der Waals surface area contributed by atoms with E-state index in [9.17, 15) is 0 Å². The van der Waals surface area contributed by atoms with Crippen molar-refractivity contribution in [1.29, 1.82) is 0 Å². The summed E-state index contributed by atoms with van der Waals surface area (Å²) in [6, 6.07) is 16.1. The van der Waals surface area contributed by atoms with Gasteiger partial charge in [-0.15, -0.1) is 0 Å². The van der Waals surface area contributed by atoms with Crippen LogP contribution in [0.5, 0.6) is 5.75 Å². The lowest BCUT2D eigenvalue weighted by Gasteiger charge is -2.26. The monoisotopic (exact) mass is 349 g/mol. The summed E-state index contributed by atoms with van der Waals surface area (Å²) < 4.78 is 5.50.